The van der Waals surface area contributed by atoms with Gasteiger partial charge < -0.3 is 5.73 Å². The summed E-state index contributed by atoms with van der Waals surface area (Å²) in [5, 5.41) is 12.1. The van der Waals surface area contributed by atoms with Gasteiger partial charge in [-0.3, -0.25) is 15.1 Å². The van der Waals surface area contributed by atoms with Gasteiger partial charge in [0.2, 0.25) is 0 Å². The first-order valence-electron chi connectivity index (χ1n) is 5.10. The second-order valence-corrected chi connectivity index (χ2v) is 3.74. The SMILES string of the molecule is Nc1ncnc2c1ncc1cc([N+](=O)[O-])ccc12. The Hall–Kier alpha value is -2.83. The molecule has 0 amide bonds. The minimum absolute atomic E-state index is 0.0191. The van der Waals surface area contributed by atoms with Gasteiger partial charge in [-0.25, -0.2) is 9.97 Å². The minimum Gasteiger partial charge on any atom is -0.382 e. The first kappa shape index (κ1) is 10.3. The molecule has 3 aromatic rings. The lowest BCUT2D eigenvalue weighted by Crippen LogP contribution is -1.96. The number of rotatable bonds is 1. The molecule has 0 bridgehead atoms. The molecule has 0 saturated carbocycles. The Morgan fingerprint density at radius 2 is 2.00 bits per heavy atom. The largest absolute Gasteiger partial charge is 0.382 e. The molecule has 2 heterocycles. The van der Waals surface area contributed by atoms with E-state index in [9.17, 15) is 10.1 Å². The number of nitrogens with zero attached hydrogens (tertiary/aromatic N) is 4. The van der Waals surface area contributed by atoms with E-state index in [1.165, 1.54) is 24.7 Å². The maximum Gasteiger partial charge on any atom is 0.270 e. The molecular formula is C11H7N5O2. The number of nitro benzene ring substituents is 1. The van der Waals surface area contributed by atoms with E-state index in [1.54, 1.807) is 6.07 Å². The summed E-state index contributed by atoms with van der Waals surface area (Å²) in [6.07, 6.45) is 2.88. The Labute approximate surface area is 100 Å². The predicted octanol–water partition coefficient (Wildman–Crippen LogP) is 1.67. The van der Waals surface area contributed by atoms with Crippen molar-refractivity contribution in [3.8, 4) is 0 Å². The van der Waals surface area contributed by atoms with Crippen molar-refractivity contribution in [3.63, 3.8) is 0 Å². The van der Waals surface area contributed by atoms with E-state index < -0.39 is 4.92 Å². The number of aromatic nitrogens is 3. The Bertz CT molecular complexity index is 787. The van der Waals surface area contributed by atoms with Crippen molar-refractivity contribution >= 4 is 33.3 Å². The number of hydrogen-bond donors (Lipinski definition) is 1. The van der Waals surface area contributed by atoms with Crippen LogP contribution in [0.2, 0.25) is 0 Å². The molecule has 0 saturated heterocycles. The highest BCUT2D eigenvalue weighted by atomic mass is 16.6. The molecule has 2 aromatic heterocycles. The lowest BCUT2D eigenvalue weighted by atomic mass is 10.1. The van der Waals surface area contributed by atoms with Crippen molar-refractivity contribution in [2.45, 2.75) is 0 Å². The molecule has 3 rings (SSSR count). The molecule has 88 valence electrons. The van der Waals surface area contributed by atoms with Gasteiger partial charge in [-0.05, 0) is 6.07 Å². The molecule has 0 atom stereocenters. The van der Waals surface area contributed by atoms with Crippen LogP contribution in [0.25, 0.3) is 21.8 Å². The summed E-state index contributed by atoms with van der Waals surface area (Å²) < 4.78 is 0. The zero-order valence-electron chi connectivity index (χ0n) is 9.07. The van der Waals surface area contributed by atoms with E-state index in [0.717, 1.165) is 5.39 Å². The topological polar surface area (TPSA) is 108 Å². The second-order valence-electron chi connectivity index (χ2n) is 3.74. The van der Waals surface area contributed by atoms with Gasteiger partial charge in [0, 0.05) is 29.1 Å². The molecule has 0 spiro atoms. The van der Waals surface area contributed by atoms with Crippen LogP contribution in [0, 0.1) is 10.1 Å². The zero-order valence-corrected chi connectivity index (χ0v) is 9.07. The van der Waals surface area contributed by atoms with Gasteiger partial charge in [-0.2, -0.15) is 0 Å². The van der Waals surface area contributed by atoms with Crippen molar-refractivity contribution in [2.24, 2.45) is 0 Å². The van der Waals surface area contributed by atoms with E-state index in [0.29, 0.717) is 22.2 Å². The predicted molar refractivity (Wildman–Crippen MR) is 65.9 cm³/mol. The van der Waals surface area contributed by atoms with E-state index in [2.05, 4.69) is 15.0 Å². The zero-order chi connectivity index (χ0) is 12.7. The third kappa shape index (κ3) is 1.41. The molecular weight excluding hydrogens is 234 g/mol. The van der Waals surface area contributed by atoms with Crippen LogP contribution in [0.5, 0.6) is 0 Å². The Balaban J connectivity index is 2.42. The van der Waals surface area contributed by atoms with Crippen LogP contribution in [-0.4, -0.2) is 19.9 Å². The fourth-order valence-electron chi connectivity index (χ4n) is 1.84. The Morgan fingerprint density at radius 1 is 1.17 bits per heavy atom. The monoisotopic (exact) mass is 241 g/mol. The van der Waals surface area contributed by atoms with Gasteiger partial charge >= 0.3 is 0 Å². The smallest absolute Gasteiger partial charge is 0.270 e. The van der Waals surface area contributed by atoms with Crippen molar-refractivity contribution < 1.29 is 4.92 Å². The normalized spacial score (nSPS) is 10.9. The van der Waals surface area contributed by atoms with Crippen LogP contribution in [0.4, 0.5) is 11.5 Å². The van der Waals surface area contributed by atoms with E-state index >= 15 is 0 Å². The van der Waals surface area contributed by atoms with Crippen LogP contribution in [0.1, 0.15) is 0 Å². The van der Waals surface area contributed by atoms with E-state index in [1.807, 2.05) is 0 Å². The lowest BCUT2D eigenvalue weighted by Gasteiger charge is -2.03. The maximum atomic E-state index is 10.7. The summed E-state index contributed by atoms with van der Waals surface area (Å²) in [6, 6.07) is 4.53. The standard InChI is InChI=1S/C11H7N5O2/c12-11-10-9(14-5-15-11)8-2-1-7(16(17)18)3-6(8)4-13-10/h1-5H,(H2,12,14,15). The van der Waals surface area contributed by atoms with Crippen LogP contribution in [-0.2, 0) is 0 Å². The molecule has 1 aromatic carbocycles. The van der Waals surface area contributed by atoms with Gasteiger partial charge in [0.15, 0.2) is 5.82 Å². The van der Waals surface area contributed by atoms with Crippen molar-refractivity contribution in [1.29, 1.82) is 0 Å². The van der Waals surface area contributed by atoms with Crippen LogP contribution in [0.3, 0.4) is 0 Å². The summed E-state index contributed by atoms with van der Waals surface area (Å²) >= 11 is 0. The molecule has 18 heavy (non-hydrogen) atoms. The molecule has 0 aliphatic heterocycles. The highest BCUT2D eigenvalue weighted by Gasteiger charge is 2.10. The number of fused-ring (bicyclic) bond motifs is 3. The van der Waals surface area contributed by atoms with Gasteiger partial charge in [-0.15, -0.1) is 0 Å². The highest BCUT2D eigenvalue weighted by Crippen LogP contribution is 2.26. The van der Waals surface area contributed by atoms with Crippen LogP contribution >= 0.6 is 0 Å². The molecule has 0 unspecified atom stereocenters. The van der Waals surface area contributed by atoms with Crippen molar-refractivity contribution in [1.82, 2.24) is 15.0 Å². The molecule has 0 radical (unpaired) electrons. The highest BCUT2D eigenvalue weighted by molar-refractivity contribution is 6.06. The second kappa shape index (κ2) is 3.59. The average Bonchev–Trinajstić information content (AvgIpc) is 2.38. The molecule has 7 nitrogen and oxygen atoms in total. The number of hydrogen-bond acceptors (Lipinski definition) is 6. The lowest BCUT2D eigenvalue weighted by molar-refractivity contribution is -0.384. The van der Waals surface area contributed by atoms with E-state index in [4.69, 9.17) is 5.73 Å². The fourth-order valence-corrected chi connectivity index (χ4v) is 1.84. The maximum absolute atomic E-state index is 10.7. The number of nitrogen functional groups attached to an aromatic ring is 1. The molecule has 0 aliphatic carbocycles. The van der Waals surface area contributed by atoms with Crippen molar-refractivity contribution in [2.75, 3.05) is 5.73 Å². The summed E-state index contributed by atoms with van der Waals surface area (Å²) in [7, 11) is 0. The van der Waals surface area contributed by atoms with Gasteiger partial charge in [0.25, 0.3) is 5.69 Å². The van der Waals surface area contributed by atoms with Gasteiger partial charge in [-0.1, -0.05) is 0 Å². The summed E-state index contributed by atoms with van der Waals surface area (Å²) in [4.78, 5) is 22.4. The number of pyridine rings is 1. The van der Waals surface area contributed by atoms with Crippen LogP contribution in [0.15, 0.2) is 30.7 Å². The molecule has 7 heteroatoms. The van der Waals surface area contributed by atoms with Crippen LogP contribution < -0.4 is 5.73 Å². The summed E-state index contributed by atoms with van der Waals surface area (Å²) in [6.45, 7) is 0. The summed E-state index contributed by atoms with van der Waals surface area (Å²) in [5.74, 6) is 0.292. The van der Waals surface area contributed by atoms with Gasteiger partial charge in [0.1, 0.15) is 17.4 Å². The first-order chi connectivity index (χ1) is 8.66. The number of nitrogens with two attached hydrogens (primary N) is 1. The number of benzene rings is 1. The van der Waals surface area contributed by atoms with Crippen molar-refractivity contribution in [3.05, 3.63) is 40.8 Å². The average molecular weight is 241 g/mol. The molecule has 2 N–H and O–H groups in total. The molecule has 0 fully saturated rings. The van der Waals surface area contributed by atoms with Gasteiger partial charge in [0.05, 0.1) is 4.92 Å². The third-order valence-electron chi connectivity index (χ3n) is 2.68. The first-order valence-corrected chi connectivity index (χ1v) is 5.10. The number of nitro groups is 1. The quantitative estimate of drug-likeness (QED) is 0.394. The number of anilines is 1. The Kier molecular flexibility index (Phi) is 2.06. The fraction of sp³-hybridized carbons (Fsp3) is 0. The Morgan fingerprint density at radius 3 is 2.78 bits per heavy atom. The summed E-state index contributed by atoms with van der Waals surface area (Å²) in [5.41, 5.74) is 6.81. The number of non-ortho nitro benzene ring substituents is 1. The molecule has 0 aliphatic rings. The minimum atomic E-state index is -0.446. The van der Waals surface area contributed by atoms with E-state index in [-0.39, 0.29) is 5.69 Å². The third-order valence-corrected chi connectivity index (χ3v) is 2.68.